The van der Waals surface area contributed by atoms with Crippen molar-refractivity contribution in [1.82, 2.24) is 0 Å². The van der Waals surface area contributed by atoms with Gasteiger partial charge in [-0.3, -0.25) is 0 Å². The lowest BCUT2D eigenvalue weighted by Crippen LogP contribution is -2.16. The highest BCUT2D eigenvalue weighted by Crippen LogP contribution is 2.22. The lowest BCUT2D eigenvalue weighted by molar-refractivity contribution is 0.0679. The lowest BCUT2D eigenvalue weighted by atomic mass is 10.2. The van der Waals surface area contributed by atoms with E-state index in [1.165, 1.54) is 0 Å². The summed E-state index contributed by atoms with van der Waals surface area (Å²) in [6, 6.07) is 5.62. The molecule has 2 rings (SSSR count). The fourth-order valence-electron chi connectivity index (χ4n) is 1.76. The number of ether oxygens (including phenoxy) is 2. The van der Waals surface area contributed by atoms with Crippen LogP contribution in [0.15, 0.2) is 22.7 Å². The van der Waals surface area contributed by atoms with Crippen LogP contribution in [0.1, 0.15) is 18.4 Å². The van der Waals surface area contributed by atoms with Gasteiger partial charge in [-0.15, -0.1) is 0 Å². The van der Waals surface area contributed by atoms with Crippen LogP contribution < -0.4 is 4.74 Å². The molecule has 0 spiro atoms. The van der Waals surface area contributed by atoms with E-state index in [0.717, 1.165) is 35.2 Å². The molecule has 16 heavy (non-hydrogen) atoms. The quantitative estimate of drug-likeness (QED) is 0.924. The second kappa shape index (κ2) is 5.66. The van der Waals surface area contributed by atoms with E-state index in [0.29, 0.717) is 6.61 Å². The maximum atomic E-state index is 9.07. The van der Waals surface area contributed by atoms with E-state index >= 15 is 0 Å². The van der Waals surface area contributed by atoms with Crippen molar-refractivity contribution in [1.29, 1.82) is 0 Å². The average molecular weight is 287 g/mol. The van der Waals surface area contributed by atoms with E-state index in [2.05, 4.69) is 15.9 Å². The van der Waals surface area contributed by atoms with Gasteiger partial charge in [0, 0.05) is 11.1 Å². The Bertz CT molecular complexity index is 348. The van der Waals surface area contributed by atoms with Crippen molar-refractivity contribution in [2.45, 2.75) is 25.6 Å². The zero-order valence-electron chi connectivity index (χ0n) is 8.99. The highest BCUT2D eigenvalue weighted by molar-refractivity contribution is 9.10. The Hall–Kier alpha value is -0.580. The molecule has 1 saturated heterocycles. The molecule has 1 aromatic rings. The molecule has 1 heterocycles. The minimum absolute atomic E-state index is 0.0235. The first-order valence-electron chi connectivity index (χ1n) is 5.42. The first-order valence-corrected chi connectivity index (χ1v) is 6.22. The molecule has 3 nitrogen and oxygen atoms in total. The molecule has 1 fully saturated rings. The molecule has 0 unspecified atom stereocenters. The molecule has 1 aliphatic rings. The van der Waals surface area contributed by atoms with Gasteiger partial charge < -0.3 is 14.6 Å². The van der Waals surface area contributed by atoms with Gasteiger partial charge in [0.25, 0.3) is 0 Å². The summed E-state index contributed by atoms with van der Waals surface area (Å²) in [5, 5.41) is 9.07. The summed E-state index contributed by atoms with van der Waals surface area (Å²) in [4.78, 5) is 0. The number of halogens is 1. The first kappa shape index (κ1) is 11.9. The number of hydrogen-bond donors (Lipinski definition) is 1. The molecule has 88 valence electrons. The third-order valence-corrected chi connectivity index (χ3v) is 3.03. The molecule has 0 bridgehead atoms. The van der Waals surface area contributed by atoms with Gasteiger partial charge in [0.2, 0.25) is 0 Å². The second-order valence-electron chi connectivity index (χ2n) is 3.90. The van der Waals surface area contributed by atoms with Gasteiger partial charge in [0.05, 0.1) is 12.7 Å². The van der Waals surface area contributed by atoms with Crippen LogP contribution in [0.25, 0.3) is 0 Å². The average Bonchev–Trinajstić information content (AvgIpc) is 2.78. The van der Waals surface area contributed by atoms with Crippen LogP contribution in [-0.4, -0.2) is 24.4 Å². The Morgan fingerprint density at radius 2 is 2.31 bits per heavy atom. The van der Waals surface area contributed by atoms with Crippen LogP contribution >= 0.6 is 15.9 Å². The second-order valence-corrected chi connectivity index (χ2v) is 4.82. The zero-order valence-corrected chi connectivity index (χ0v) is 10.6. The van der Waals surface area contributed by atoms with Gasteiger partial charge in [-0.2, -0.15) is 0 Å². The Labute approximate surface area is 104 Å². The predicted molar refractivity (Wildman–Crippen MR) is 64.5 cm³/mol. The fraction of sp³-hybridized carbons (Fsp3) is 0.500. The van der Waals surface area contributed by atoms with Crippen molar-refractivity contribution in [2.75, 3.05) is 13.2 Å². The number of aliphatic hydroxyl groups excluding tert-OH is 1. The number of aliphatic hydroxyl groups is 1. The third kappa shape index (κ3) is 3.20. The summed E-state index contributed by atoms with van der Waals surface area (Å²) < 4.78 is 12.0. The summed E-state index contributed by atoms with van der Waals surface area (Å²) in [7, 11) is 0. The molecule has 0 saturated carbocycles. The van der Waals surface area contributed by atoms with Gasteiger partial charge in [0.15, 0.2) is 0 Å². The normalized spacial score (nSPS) is 20.0. The minimum Gasteiger partial charge on any atom is -0.491 e. The molecule has 0 amide bonds. The van der Waals surface area contributed by atoms with Crippen molar-refractivity contribution in [2.24, 2.45) is 0 Å². The van der Waals surface area contributed by atoms with Crippen molar-refractivity contribution in [3.63, 3.8) is 0 Å². The standard InChI is InChI=1S/C12H15BrO3/c13-10-4-9(7-14)5-12(6-10)16-8-11-2-1-3-15-11/h4-6,11,14H,1-3,7-8H2/t11-/m0/s1. The van der Waals surface area contributed by atoms with Crippen LogP contribution in [0.5, 0.6) is 5.75 Å². The summed E-state index contributed by atoms with van der Waals surface area (Å²) in [5.41, 5.74) is 0.844. The van der Waals surface area contributed by atoms with Crippen LogP contribution in [0, 0.1) is 0 Å². The van der Waals surface area contributed by atoms with Gasteiger partial charge in [-0.25, -0.2) is 0 Å². The number of rotatable bonds is 4. The van der Waals surface area contributed by atoms with Crippen LogP contribution in [0.4, 0.5) is 0 Å². The maximum absolute atomic E-state index is 9.07. The van der Waals surface area contributed by atoms with Gasteiger partial charge in [-0.05, 0) is 36.6 Å². The molecule has 1 aliphatic heterocycles. The van der Waals surface area contributed by atoms with E-state index in [1.54, 1.807) is 0 Å². The molecule has 1 aromatic carbocycles. The van der Waals surface area contributed by atoms with Crippen LogP contribution in [-0.2, 0) is 11.3 Å². The molecule has 1 atom stereocenters. The smallest absolute Gasteiger partial charge is 0.120 e. The van der Waals surface area contributed by atoms with Crippen LogP contribution in [0.3, 0.4) is 0 Å². The minimum atomic E-state index is 0.0235. The molecule has 0 aliphatic carbocycles. The maximum Gasteiger partial charge on any atom is 0.120 e. The Kier molecular flexibility index (Phi) is 4.21. The highest BCUT2D eigenvalue weighted by Gasteiger charge is 2.16. The Morgan fingerprint density at radius 3 is 3.00 bits per heavy atom. The van der Waals surface area contributed by atoms with Gasteiger partial charge in [0.1, 0.15) is 12.4 Å². The molecule has 4 heteroatoms. The van der Waals surface area contributed by atoms with Crippen molar-refractivity contribution < 1.29 is 14.6 Å². The highest BCUT2D eigenvalue weighted by atomic mass is 79.9. The SMILES string of the molecule is OCc1cc(Br)cc(OC[C@@H]2CCCO2)c1. The fourth-order valence-corrected chi connectivity index (χ4v) is 2.28. The Balaban J connectivity index is 1.94. The summed E-state index contributed by atoms with van der Waals surface area (Å²) >= 11 is 3.38. The molecular weight excluding hydrogens is 272 g/mol. The molecule has 1 N–H and O–H groups in total. The summed E-state index contributed by atoms with van der Waals surface area (Å²) in [6.07, 6.45) is 2.41. The molecule has 0 radical (unpaired) electrons. The van der Waals surface area contributed by atoms with Crippen molar-refractivity contribution in [3.8, 4) is 5.75 Å². The molecular formula is C12H15BrO3. The number of benzene rings is 1. The van der Waals surface area contributed by atoms with Gasteiger partial charge >= 0.3 is 0 Å². The monoisotopic (exact) mass is 286 g/mol. The molecule has 0 aromatic heterocycles. The lowest BCUT2D eigenvalue weighted by Gasteiger charge is -2.12. The van der Waals surface area contributed by atoms with Crippen molar-refractivity contribution in [3.05, 3.63) is 28.2 Å². The van der Waals surface area contributed by atoms with E-state index in [1.807, 2.05) is 18.2 Å². The van der Waals surface area contributed by atoms with Crippen LogP contribution in [0.2, 0.25) is 0 Å². The zero-order chi connectivity index (χ0) is 11.4. The Morgan fingerprint density at radius 1 is 1.44 bits per heavy atom. The van der Waals surface area contributed by atoms with E-state index in [9.17, 15) is 0 Å². The topological polar surface area (TPSA) is 38.7 Å². The van der Waals surface area contributed by atoms with Crippen molar-refractivity contribution >= 4 is 15.9 Å². The van der Waals surface area contributed by atoms with E-state index < -0.39 is 0 Å². The number of hydrogen-bond acceptors (Lipinski definition) is 3. The third-order valence-electron chi connectivity index (χ3n) is 2.57. The first-order chi connectivity index (χ1) is 7.78. The van der Waals surface area contributed by atoms with E-state index in [4.69, 9.17) is 14.6 Å². The van der Waals surface area contributed by atoms with Gasteiger partial charge in [-0.1, -0.05) is 15.9 Å². The van der Waals surface area contributed by atoms with E-state index in [-0.39, 0.29) is 12.7 Å². The summed E-state index contributed by atoms with van der Waals surface area (Å²) in [6.45, 7) is 1.45. The predicted octanol–water partition coefficient (Wildman–Crippen LogP) is 2.50. The summed E-state index contributed by atoms with van der Waals surface area (Å²) in [5.74, 6) is 0.772. The largest absolute Gasteiger partial charge is 0.491 e.